The molecule has 7 heteroatoms. The van der Waals surface area contributed by atoms with Gasteiger partial charge in [0.1, 0.15) is 0 Å². The van der Waals surface area contributed by atoms with E-state index >= 15 is 0 Å². The first-order chi connectivity index (χ1) is 9.27. The summed E-state index contributed by atoms with van der Waals surface area (Å²) in [5.74, 6) is 0.445. The second-order valence-corrected chi connectivity index (χ2v) is 6.05. The summed E-state index contributed by atoms with van der Waals surface area (Å²) < 4.78 is 22.1. The molecule has 2 rings (SSSR count). The Hall–Kier alpha value is -0.815. The summed E-state index contributed by atoms with van der Waals surface area (Å²) in [5.41, 5.74) is -0.0328. The van der Waals surface area contributed by atoms with Crippen molar-refractivity contribution in [2.24, 2.45) is 0 Å². The molecule has 2 heterocycles. The lowest BCUT2D eigenvalue weighted by Crippen LogP contribution is -2.41. The fraction of sp³-hybridized carbons (Fsp3) is 0.615. The van der Waals surface area contributed by atoms with E-state index in [4.69, 9.17) is 30.4 Å². The van der Waals surface area contributed by atoms with Gasteiger partial charge >= 0.3 is 7.12 Å². The topological polar surface area (TPSA) is 49.8 Å². The standard InChI is InChI=1S/C13H19BClNO4/c1-12(2)13(3,4)20-14(19-12)9-6-10(18-8-17-5)11(15)16-7-9/h6-7H,8H2,1-5H3. The predicted molar refractivity (Wildman–Crippen MR) is 77.5 cm³/mol. The van der Waals surface area contributed by atoms with Gasteiger partial charge in [-0.15, -0.1) is 0 Å². The van der Waals surface area contributed by atoms with E-state index in [-0.39, 0.29) is 11.9 Å². The number of hydrogen-bond donors (Lipinski definition) is 0. The number of methoxy groups -OCH3 is 1. The highest BCUT2D eigenvalue weighted by Crippen LogP contribution is 2.36. The Morgan fingerprint density at radius 3 is 2.40 bits per heavy atom. The van der Waals surface area contributed by atoms with Gasteiger partial charge in [-0.2, -0.15) is 0 Å². The van der Waals surface area contributed by atoms with Crippen molar-refractivity contribution in [3.63, 3.8) is 0 Å². The summed E-state index contributed by atoms with van der Waals surface area (Å²) in [7, 11) is 1.05. The van der Waals surface area contributed by atoms with Crippen molar-refractivity contribution < 1.29 is 18.8 Å². The van der Waals surface area contributed by atoms with E-state index in [1.54, 1.807) is 19.4 Å². The van der Waals surface area contributed by atoms with E-state index in [0.29, 0.717) is 5.75 Å². The second-order valence-electron chi connectivity index (χ2n) is 5.70. The Balaban J connectivity index is 2.22. The molecule has 1 saturated heterocycles. The summed E-state index contributed by atoms with van der Waals surface area (Å²) in [6.45, 7) is 8.10. The fourth-order valence-corrected chi connectivity index (χ4v) is 1.93. The maximum Gasteiger partial charge on any atom is 0.496 e. The molecule has 1 aliphatic rings. The van der Waals surface area contributed by atoms with E-state index in [2.05, 4.69) is 4.98 Å². The smallest absolute Gasteiger partial charge is 0.464 e. The van der Waals surface area contributed by atoms with Gasteiger partial charge < -0.3 is 18.8 Å². The van der Waals surface area contributed by atoms with E-state index < -0.39 is 18.3 Å². The average Bonchev–Trinajstić information content (AvgIpc) is 2.57. The monoisotopic (exact) mass is 299 g/mol. The van der Waals surface area contributed by atoms with Crippen molar-refractivity contribution in [1.82, 2.24) is 4.98 Å². The van der Waals surface area contributed by atoms with Gasteiger partial charge in [0, 0.05) is 18.8 Å². The normalized spacial score (nSPS) is 20.2. The van der Waals surface area contributed by atoms with Gasteiger partial charge in [0.25, 0.3) is 0 Å². The fourth-order valence-electron chi connectivity index (χ4n) is 1.77. The molecule has 5 nitrogen and oxygen atoms in total. The quantitative estimate of drug-likeness (QED) is 0.484. The minimum absolute atomic E-state index is 0.105. The zero-order valence-corrected chi connectivity index (χ0v) is 13.2. The molecule has 1 aromatic rings. The van der Waals surface area contributed by atoms with Crippen LogP contribution in [0.5, 0.6) is 5.75 Å². The SMILES string of the molecule is COCOc1cc(B2OC(C)(C)C(C)(C)O2)cnc1Cl. The van der Waals surface area contributed by atoms with Gasteiger partial charge in [-0.05, 0) is 33.8 Å². The lowest BCUT2D eigenvalue weighted by molar-refractivity contribution is 0.00578. The minimum atomic E-state index is -0.491. The first-order valence-electron chi connectivity index (χ1n) is 6.39. The number of rotatable bonds is 4. The molecule has 0 amide bonds. The molecule has 0 bridgehead atoms. The Morgan fingerprint density at radius 1 is 1.25 bits per heavy atom. The molecule has 110 valence electrons. The molecular formula is C13H19BClNO4. The van der Waals surface area contributed by atoms with Crippen LogP contribution in [0.15, 0.2) is 12.3 Å². The highest BCUT2D eigenvalue weighted by molar-refractivity contribution is 6.62. The van der Waals surface area contributed by atoms with Gasteiger partial charge in [-0.25, -0.2) is 4.98 Å². The van der Waals surface area contributed by atoms with Crippen molar-refractivity contribution >= 4 is 24.2 Å². The van der Waals surface area contributed by atoms with Crippen molar-refractivity contribution in [3.8, 4) is 5.75 Å². The van der Waals surface area contributed by atoms with Crippen LogP contribution in [0.3, 0.4) is 0 Å². The Labute approximate surface area is 124 Å². The summed E-state index contributed by atoms with van der Waals surface area (Å²) in [6.07, 6.45) is 1.63. The zero-order valence-electron chi connectivity index (χ0n) is 12.4. The molecule has 1 fully saturated rings. The van der Waals surface area contributed by atoms with Crippen molar-refractivity contribution in [2.45, 2.75) is 38.9 Å². The maximum absolute atomic E-state index is 5.98. The van der Waals surface area contributed by atoms with E-state index in [1.807, 2.05) is 27.7 Å². The number of aromatic nitrogens is 1. The zero-order chi connectivity index (χ0) is 15.0. The van der Waals surface area contributed by atoms with Crippen LogP contribution in [0.1, 0.15) is 27.7 Å². The van der Waals surface area contributed by atoms with Crippen molar-refractivity contribution in [3.05, 3.63) is 17.4 Å². The molecule has 0 atom stereocenters. The summed E-state index contributed by atoms with van der Waals surface area (Å²) in [6, 6.07) is 1.76. The van der Waals surface area contributed by atoms with Crippen LogP contribution in [0.2, 0.25) is 5.15 Å². The molecular weight excluding hydrogens is 280 g/mol. The third-order valence-corrected chi connectivity index (χ3v) is 3.97. The number of ether oxygens (including phenoxy) is 2. The molecule has 0 spiro atoms. The van der Waals surface area contributed by atoms with Crippen LogP contribution >= 0.6 is 11.6 Å². The summed E-state index contributed by atoms with van der Waals surface area (Å²) in [5, 5.41) is 0.280. The number of halogens is 1. The predicted octanol–water partition coefficient (Wildman–Crippen LogP) is 2.02. The Morgan fingerprint density at radius 2 is 1.85 bits per heavy atom. The van der Waals surface area contributed by atoms with Gasteiger partial charge in [0.05, 0.1) is 11.2 Å². The first-order valence-corrected chi connectivity index (χ1v) is 6.77. The Kier molecular flexibility index (Phi) is 4.30. The lowest BCUT2D eigenvalue weighted by atomic mass is 9.80. The van der Waals surface area contributed by atoms with Crippen LogP contribution < -0.4 is 10.2 Å². The minimum Gasteiger partial charge on any atom is -0.464 e. The van der Waals surface area contributed by atoms with Gasteiger partial charge in [0.15, 0.2) is 17.7 Å². The van der Waals surface area contributed by atoms with Crippen molar-refractivity contribution in [1.29, 1.82) is 0 Å². The molecule has 0 aromatic carbocycles. The number of pyridine rings is 1. The third kappa shape index (κ3) is 2.93. The largest absolute Gasteiger partial charge is 0.496 e. The van der Waals surface area contributed by atoms with Gasteiger partial charge in [-0.1, -0.05) is 11.6 Å². The van der Waals surface area contributed by atoms with Crippen molar-refractivity contribution in [2.75, 3.05) is 13.9 Å². The van der Waals surface area contributed by atoms with E-state index in [9.17, 15) is 0 Å². The number of nitrogens with zero attached hydrogens (tertiary/aromatic N) is 1. The number of hydrogen-bond acceptors (Lipinski definition) is 5. The van der Waals surface area contributed by atoms with Crippen LogP contribution in [-0.4, -0.2) is 37.2 Å². The van der Waals surface area contributed by atoms with Crippen LogP contribution in [0, 0.1) is 0 Å². The highest BCUT2D eigenvalue weighted by atomic mass is 35.5. The molecule has 0 unspecified atom stereocenters. The summed E-state index contributed by atoms with van der Waals surface area (Å²) >= 11 is 5.98. The van der Waals surface area contributed by atoms with E-state index in [0.717, 1.165) is 5.46 Å². The molecule has 0 N–H and O–H groups in total. The van der Waals surface area contributed by atoms with Crippen LogP contribution in [0.4, 0.5) is 0 Å². The highest BCUT2D eigenvalue weighted by Gasteiger charge is 2.51. The molecule has 0 aliphatic carbocycles. The lowest BCUT2D eigenvalue weighted by Gasteiger charge is -2.32. The van der Waals surface area contributed by atoms with E-state index in [1.165, 1.54) is 0 Å². The molecule has 20 heavy (non-hydrogen) atoms. The van der Waals surface area contributed by atoms with Crippen LogP contribution in [0.25, 0.3) is 0 Å². The first kappa shape index (κ1) is 15.6. The van der Waals surface area contributed by atoms with Crippen LogP contribution in [-0.2, 0) is 14.0 Å². The molecule has 1 aliphatic heterocycles. The molecule has 1 aromatic heterocycles. The molecule has 0 saturated carbocycles. The van der Waals surface area contributed by atoms with Gasteiger partial charge in [0.2, 0.25) is 0 Å². The van der Waals surface area contributed by atoms with Gasteiger partial charge in [-0.3, -0.25) is 0 Å². The second kappa shape index (κ2) is 5.52. The molecule has 0 radical (unpaired) electrons. The average molecular weight is 300 g/mol. The Bertz CT molecular complexity index is 479. The maximum atomic E-state index is 5.98. The third-order valence-electron chi connectivity index (χ3n) is 3.69. The summed E-state index contributed by atoms with van der Waals surface area (Å²) in [4.78, 5) is 4.10.